The van der Waals surface area contributed by atoms with Gasteiger partial charge in [-0.15, -0.1) is 0 Å². The number of rotatable bonds is 0. The standard InChI is InChI=1S/C7H7N3.H2/c1-5-7-6(2-3-8-5)9-4-10-7;/h2-4H,1H3,(H,9,10);1H. The minimum atomic E-state index is 0. The third-order valence-corrected chi connectivity index (χ3v) is 1.52. The first kappa shape index (κ1) is 5.41. The first-order valence-electron chi connectivity index (χ1n) is 3.12. The quantitative estimate of drug-likeness (QED) is 0.595. The molecule has 3 heteroatoms. The predicted octanol–water partition coefficient (Wildman–Crippen LogP) is 1.51. The van der Waals surface area contributed by atoms with Crippen molar-refractivity contribution in [3.8, 4) is 0 Å². The highest BCUT2D eigenvalue weighted by atomic mass is 14.9. The van der Waals surface area contributed by atoms with Crippen molar-refractivity contribution >= 4 is 11.0 Å². The Hall–Kier alpha value is -1.38. The van der Waals surface area contributed by atoms with E-state index in [4.69, 9.17) is 0 Å². The number of pyridine rings is 1. The van der Waals surface area contributed by atoms with Gasteiger partial charge < -0.3 is 4.98 Å². The average Bonchev–Trinajstić information content (AvgIpc) is 2.36. The molecule has 0 aliphatic heterocycles. The van der Waals surface area contributed by atoms with Crippen LogP contribution in [0.15, 0.2) is 18.6 Å². The van der Waals surface area contributed by atoms with Gasteiger partial charge in [0.1, 0.15) is 5.52 Å². The molecule has 2 aromatic heterocycles. The maximum absolute atomic E-state index is 4.10. The van der Waals surface area contributed by atoms with Crippen LogP contribution in [0.25, 0.3) is 11.0 Å². The van der Waals surface area contributed by atoms with E-state index >= 15 is 0 Å². The van der Waals surface area contributed by atoms with Crippen molar-refractivity contribution in [2.75, 3.05) is 0 Å². The number of aromatic amines is 1. The summed E-state index contributed by atoms with van der Waals surface area (Å²) in [7, 11) is 0. The van der Waals surface area contributed by atoms with Gasteiger partial charge >= 0.3 is 0 Å². The van der Waals surface area contributed by atoms with Crippen molar-refractivity contribution in [2.45, 2.75) is 6.92 Å². The minimum Gasteiger partial charge on any atom is -0.344 e. The molecule has 0 saturated heterocycles. The lowest BCUT2D eigenvalue weighted by molar-refractivity contribution is 1.22. The smallest absolute Gasteiger partial charge is 0.109 e. The van der Waals surface area contributed by atoms with Gasteiger partial charge in [-0.2, -0.15) is 0 Å². The fourth-order valence-electron chi connectivity index (χ4n) is 1.00. The number of imidazole rings is 1. The Labute approximate surface area is 59.6 Å². The first-order valence-corrected chi connectivity index (χ1v) is 3.12. The zero-order valence-corrected chi connectivity index (χ0v) is 5.63. The summed E-state index contributed by atoms with van der Waals surface area (Å²) in [4.78, 5) is 11.2. The molecule has 0 bridgehead atoms. The molecule has 52 valence electrons. The zero-order chi connectivity index (χ0) is 6.97. The molecule has 0 atom stereocenters. The van der Waals surface area contributed by atoms with Crippen molar-refractivity contribution in [2.24, 2.45) is 0 Å². The number of aryl methyl sites for hydroxylation is 1. The molecule has 0 saturated carbocycles. The molecule has 0 unspecified atom stereocenters. The van der Waals surface area contributed by atoms with Crippen LogP contribution in [-0.4, -0.2) is 15.0 Å². The number of aromatic nitrogens is 3. The fraction of sp³-hybridized carbons (Fsp3) is 0.143. The van der Waals surface area contributed by atoms with Crippen LogP contribution < -0.4 is 0 Å². The van der Waals surface area contributed by atoms with Crippen LogP contribution in [0, 0.1) is 6.92 Å². The number of hydrogen-bond donors (Lipinski definition) is 1. The van der Waals surface area contributed by atoms with Crippen molar-refractivity contribution in [1.82, 2.24) is 15.0 Å². The zero-order valence-electron chi connectivity index (χ0n) is 5.63. The van der Waals surface area contributed by atoms with E-state index < -0.39 is 0 Å². The highest BCUT2D eigenvalue weighted by Gasteiger charge is 1.96. The second-order valence-corrected chi connectivity index (χ2v) is 2.20. The summed E-state index contributed by atoms with van der Waals surface area (Å²) >= 11 is 0. The molecular formula is C7H9N3. The van der Waals surface area contributed by atoms with E-state index in [1.54, 1.807) is 12.5 Å². The van der Waals surface area contributed by atoms with Gasteiger partial charge in [-0.3, -0.25) is 4.98 Å². The van der Waals surface area contributed by atoms with Gasteiger partial charge in [-0.1, -0.05) is 0 Å². The topological polar surface area (TPSA) is 41.6 Å². The van der Waals surface area contributed by atoms with E-state index in [2.05, 4.69) is 15.0 Å². The molecule has 3 nitrogen and oxygen atoms in total. The Morgan fingerprint density at radius 1 is 1.50 bits per heavy atom. The van der Waals surface area contributed by atoms with E-state index in [0.717, 1.165) is 16.7 Å². The Morgan fingerprint density at radius 3 is 3.20 bits per heavy atom. The molecule has 2 aromatic rings. The van der Waals surface area contributed by atoms with E-state index in [0.29, 0.717) is 0 Å². The van der Waals surface area contributed by atoms with E-state index in [-0.39, 0.29) is 1.43 Å². The maximum Gasteiger partial charge on any atom is 0.109 e. The molecule has 0 radical (unpaired) electrons. The lowest BCUT2D eigenvalue weighted by Gasteiger charge is -1.89. The molecule has 1 N–H and O–H groups in total. The number of nitrogens with one attached hydrogen (secondary N) is 1. The van der Waals surface area contributed by atoms with Crippen LogP contribution in [0.2, 0.25) is 0 Å². The number of fused-ring (bicyclic) bond motifs is 1. The van der Waals surface area contributed by atoms with Crippen molar-refractivity contribution in [3.63, 3.8) is 0 Å². The average molecular weight is 135 g/mol. The maximum atomic E-state index is 4.10. The largest absolute Gasteiger partial charge is 0.344 e. The van der Waals surface area contributed by atoms with Gasteiger partial charge in [-0.25, -0.2) is 4.98 Å². The van der Waals surface area contributed by atoms with Crippen LogP contribution in [0.4, 0.5) is 0 Å². The normalized spacial score (nSPS) is 10.5. The summed E-state index contributed by atoms with van der Waals surface area (Å²) < 4.78 is 0. The molecule has 0 fully saturated rings. The second kappa shape index (κ2) is 1.80. The van der Waals surface area contributed by atoms with E-state index in [1.165, 1.54) is 0 Å². The van der Waals surface area contributed by atoms with Crippen LogP contribution in [0.5, 0.6) is 0 Å². The fourth-order valence-corrected chi connectivity index (χ4v) is 1.00. The Balaban J connectivity index is 0.000000605. The third kappa shape index (κ3) is 0.603. The summed E-state index contributed by atoms with van der Waals surface area (Å²) in [6.45, 7) is 1.95. The molecule has 0 aliphatic carbocycles. The van der Waals surface area contributed by atoms with Crippen molar-refractivity contribution in [1.29, 1.82) is 0 Å². The summed E-state index contributed by atoms with van der Waals surface area (Å²) in [6, 6.07) is 1.91. The minimum absolute atomic E-state index is 0. The molecule has 0 amide bonds. The van der Waals surface area contributed by atoms with E-state index in [1.807, 2.05) is 13.0 Å². The lowest BCUT2D eigenvalue weighted by atomic mass is 10.3. The van der Waals surface area contributed by atoms with Gasteiger partial charge in [-0.05, 0) is 13.0 Å². The summed E-state index contributed by atoms with van der Waals surface area (Å²) in [6.07, 6.45) is 3.45. The monoisotopic (exact) mass is 135 g/mol. The SMILES string of the molecule is Cc1nccc2[nH]cnc12.[HH]. The summed E-state index contributed by atoms with van der Waals surface area (Å²) in [5, 5.41) is 0. The molecule has 10 heavy (non-hydrogen) atoms. The predicted molar refractivity (Wildman–Crippen MR) is 40.7 cm³/mol. The number of H-pyrrole nitrogens is 1. The first-order chi connectivity index (χ1) is 4.88. The van der Waals surface area contributed by atoms with Crippen LogP contribution in [0.1, 0.15) is 7.12 Å². The van der Waals surface area contributed by atoms with Gasteiger partial charge in [0.15, 0.2) is 0 Å². The number of nitrogens with zero attached hydrogens (tertiary/aromatic N) is 2. The molecule has 2 heterocycles. The highest BCUT2D eigenvalue weighted by molar-refractivity contribution is 5.75. The highest BCUT2D eigenvalue weighted by Crippen LogP contribution is 2.09. The second-order valence-electron chi connectivity index (χ2n) is 2.20. The van der Waals surface area contributed by atoms with E-state index in [9.17, 15) is 0 Å². The van der Waals surface area contributed by atoms with Gasteiger partial charge in [0.25, 0.3) is 0 Å². The van der Waals surface area contributed by atoms with Gasteiger partial charge in [0, 0.05) is 7.62 Å². The molecule has 0 aliphatic rings. The van der Waals surface area contributed by atoms with Crippen molar-refractivity contribution in [3.05, 3.63) is 24.3 Å². The van der Waals surface area contributed by atoms with Gasteiger partial charge in [0.05, 0.1) is 17.5 Å². The molecular weight excluding hydrogens is 126 g/mol. The molecule has 2 rings (SSSR count). The summed E-state index contributed by atoms with van der Waals surface area (Å²) in [5.74, 6) is 0. The molecule has 0 aromatic carbocycles. The van der Waals surface area contributed by atoms with Crippen LogP contribution in [-0.2, 0) is 0 Å². The van der Waals surface area contributed by atoms with Crippen molar-refractivity contribution < 1.29 is 1.43 Å². The Morgan fingerprint density at radius 2 is 2.40 bits per heavy atom. The van der Waals surface area contributed by atoms with Crippen LogP contribution in [0.3, 0.4) is 0 Å². The lowest BCUT2D eigenvalue weighted by Crippen LogP contribution is -1.80. The Bertz CT molecular complexity index is 355. The molecule has 0 spiro atoms. The third-order valence-electron chi connectivity index (χ3n) is 1.52. The Kier molecular flexibility index (Phi) is 0.974. The van der Waals surface area contributed by atoms with Gasteiger partial charge in [0.2, 0.25) is 0 Å². The number of hydrogen-bond acceptors (Lipinski definition) is 2. The van der Waals surface area contributed by atoms with Crippen LogP contribution >= 0.6 is 0 Å². The summed E-state index contributed by atoms with van der Waals surface area (Å²) in [5.41, 5.74) is 2.98.